The summed E-state index contributed by atoms with van der Waals surface area (Å²) in [5.41, 5.74) is 0. The van der Waals surface area contributed by atoms with Crippen molar-refractivity contribution in [3.8, 4) is 0 Å². The Kier molecular flexibility index (Phi) is 8.29. The molecule has 158 valence electrons. The highest BCUT2D eigenvalue weighted by molar-refractivity contribution is 7.91. The second kappa shape index (κ2) is 10.1. The largest absolute Gasteiger partial charge is 0.591 e. The average molecular weight is 430 g/mol. The molecule has 0 aromatic heterocycles. The van der Waals surface area contributed by atoms with Gasteiger partial charge in [-0.3, -0.25) is 0 Å². The lowest BCUT2D eigenvalue weighted by Crippen LogP contribution is -2.66. The quantitative estimate of drug-likeness (QED) is 0.260. The maximum Gasteiger partial charge on any atom is 0.261 e. The lowest BCUT2D eigenvalue weighted by Gasteiger charge is -2.43. The average Bonchev–Trinajstić information content (AvgIpc) is 2.67. The molecule has 1 unspecified atom stereocenters. The molecule has 2 aromatic rings. The summed E-state index contributed by atoms with van der Waals surface area (Å²) in [6.45, 7) is 13.3. The van der Waals surface area contributed by atoms with Gasteiger partial charge in [-0.05, 0) is 49.0 Å². The van der Waals surface area contributed by atoms with Gasteiger partial charge in [0.15, 0.2) is 0 Å². The van der Waals surface area contributed by atoms with Crippen molar-refractivity contribution < 1.29 is 8.98 Å². The van der Waals surface area contributed by atoms with Crippen molar-refractivity contribution in [1.82, 2.24) is 0 Å². The number of hydrogen-bond acceptors (Lipinski definition) is 3. The standard InChI is InChI=1S/C24H35NO2SSi/c1-23(2,3)28(26)25-19-13-14-20-27-29(24(4,5)6,21-15-9-7-10-16-21)22-17-11-8-12-18-22/h7-12,15-19H,13-14,20H2,1-6H3/b25-19-. The number of benzene rings is 2. The van der Waals surface area contributed by atoms with Crippen LogP contribution in [0.1, 0.15) is 54.4 Å². The van der Waals surface area contributed by atoms with Crippen LogP contribution in [0.3, 0.4) is 0 Å². The Labute approximate surface area is 181 Å². The van der Waals surface area contributed by atoms with Crippen LogP contribution in [0.2, 0.25) is 5.04 Å². The minimum absolute atomic E-state index is 0.0163. The van der Waals surface area contributed by atoms with E-state index in [-0.39, 0.29) is 9.79 Å². The molecule has 0 aliphatic heterocycles. The summed E-state index contributed by atoms with van der Waals surface area (Å²) in [6, 6.07) is 21.3. The molecule has 0 amide bonds. The normalized spacial score (nSPS) is 14.3. The minimum Gasteiger partial charge on any atom is -0.591 e. The fourth-order valence-corrected chi connectivity index (χ4v) is 8.60. The predicted octanol–water partition coefficient (Wildman–Crippen LogP) is 4.88. The Morgan fingerprint density at radius 2 is 1.38 bits per heavy atom. The number of rotatable bonds is 8. The van der Waals surface area contributed by atoms with E-state index in [1.165, 1.54) is 10.4 Å². The van der Waals surface area contributed by atoms with Gasteiger partial charge in [0, 0.05) is 6.61 Å². The van der Waals surface area contributed by atoms with Crippen molar-refractivity contribution in [2.24, 2.45) is 4.40 Å². The Morgan fingerprint density at radius 3 is 1.79 bits per heavy atom. The molecule has 1 atom stereocenters. The third kappa shape index (κ3) is 6.04. The van der Waals surface area contributed by atoms with Gasteiger partial charge < -0.3 is 8.98 Å². The zero-order chi connectivity index (χ0) is 21.5. The van der Waals surface area contributed by atoms with Gasteiger partial charge in [0.2, 0.25) is 0 Å². The molecule has 29 heavy (non-hydrogen) atoms. The molecule has 0 fully saturated rings. The van der Waals surface area contributed by atoms with E-state index in [0.29, 0.717) is 6.61 Å². The molecule has 0 bridgehead atoms. The first-order valence-electron chi connectivity index (χ1n) is 10.3. The molecule has 3 nitrogen and oxygen atoms in total. The fourth-order valence-electron chi connectivity index (χ4n) is 3.44. The maximum absolute atomic E-state index is 12.0. The fraction of sp³-hybridized carbons (Fsp3) is 0.458. The minimum atomic E-state index is -2.47. The van der Waals surface area contributed by atoms with Crippen molar-refractivity contribution >= 4 is 36.3 Å². The molecule has 0 aliphatic carbocycles. The number of hydrogen-bond donors (Lipinski definition) is 0. The van der Waals surface area contributed by atoms with E-state index in [1.54, 1.807) is 6.21 Å². The van der Waals surface area contributed by atoms with Gasteiger partial charge >= 0.3 is 0 Å². The van der Waals surface area contributed by atoms with Crippen LogP contribution in [-0.4, -0.2) is 30.4 Å². The number of nitrogens with zero attached hydrogens (tertiary/aromatic N) is 1. The summed E-state index contributed by atoms with van der Waals surface area (Å²) in [5.74, 6) is 0. The lowest BCUT2D eigenvalue weighted by atomic mass is 10.2. The molecule has 0 radical (unpaired) electrons. The molecule has 0 aliphatic rings. The van der Waals surface area contributed by atoms with E-state index in [4.69, 9.17) is 4.43 Å². The molecule has 2 aromatic carbocycles. The van der Waals surface area contributed by atoms with Crippen LogP contribution in [0.25, 0.3) is 0 Å². The molecule has 0 saturated carbocycles. The Bertz CT molecular complexity index is 727. The smallest absolute Gasteiger partial charge is 0.261 e. The van der Waals surface area contributed by atoms with Crippen LogP contribution in [0.15, 0.2) is 65.1 Å². The van der Waals surface area contributed by atoms with Crippen LogP contribution < -0.4 is 10.4 Å². The van der Waals surface area contributed by atoms with Crippen LogP contribution >= 0.6 is 0 Å². The Hall–Kier alpha value is -1.40. The van der Waals surface area contributed by atoms with E-state index in [0.717, 1.165) is 12.8 Å². The zero-order valence-electron chi connectivity index (χ0n) is 18.6. The zero-order valence-corrected chi connectivity index (χ0v) is 20.5. The molecular weight excluding hydrogens is 394 g/mol. The predicted molar refractivity (Wildman–Crippen MR) is 129 cm³/mol. The Balaban J connectivity index is 2.20. The van der Waals surface area contributed by atoms with Gasteiger partial charge in [0.05, 0.1) is 6.21 Å². The topological polar surface area (TPSA) is 44.7 Å². The highest BCUT2D eigenvalue weighted by atomic mass is 32.2. The first kappa shape index (κ1) is 23.9. The third-order valence-corrected chi connectivity index (χ3v) is 11.3. The second-order valence-corrected chi connectivity index (χ2v) is 15.5. The molecule has 2 rings (SSSR count). The summed E-state index contributed by atoms with van der Waals surface area (Å²) >= 11 is -1.20. The maximum atomic E-state index is 12.0. The molecular formula is C24H35NO2SSi. The molecule has 5 heteroatoms. The summed E-state index contributed by atoms with van der Waals surface area (Å²) < 4.78 is 22.8. The van der Waals surface area contributed by atoms with E-state index >= 15 is 0 Å². The third-order valence-electron chi connectivity index (χ3n) is 4.91. The summed E-state index contributed by atoms with van der Waals surface area (Å²) in [5, 5.41) is 2.57. The molecule has 0 saturated heterocycles. The van der Waals surface area contributed by atoms with Crippen molar-refractivity contribution in [3.63, 3.8) is 0 Å². The summed E-state index contributed by atoms with van der Waals surface area (Å²) in [7, 11) is -2.47. The van der Waals surface area contributed by atoms with E-state index in [2.05, 4.69) is 85.8 Å². The van der Waals surface area contributed by atoms with Crippen molar-refractivity contribution in [2.75, 3.05) is 6.61 Å². The van der Waals surface area contributed by atoms with Gasteiger partial charge in [-0.25, -0.2) is 0 Å². The van der Waals surface area contributed by atoms with Crippen molar-refractivity contribution in [1.29, 1.82) is 0 Å². The lowest BCUT2D eigenvalue weighted by molar-refractivity contribution is 0.294. The highest BCUT2D eigenvalue weighted by Crippen LogP contribution is 2.36. The van der Waals surface area contributed by atoms with Gasteiger partial charge in [-0.15, -0.1) is 0 Å². The highest BCUT2D eigenvalue weighted by Gasteiger charge is 2.49. The first-order valence-corrected chi connectivity index (χ1v) is 13.3. The van der Waals surface area contributed by atoms with E-state index < -0.39 is 19.7 Å². The summed E-state index contributed by atoms with van der Waals surface area (Å²) in [4.78, 5) is 0. The Morgan fingerprint density at radius 1 is 0.897 bits per heavy atom. The molecule has 0 heterocycles. The number of unbranched alkanes of at least 4 members (excludes halogenated alkanes) is 1. The van der Waals surface area contributed by atoms with Gasteiger partial charge in [-0.2, -0.15) is 0 Å². The monoisotopic (exact) mass is 429 g/mol. The van der Waals surface area contributed by atoms with Gasteiger partial charge in [-0.1, -0.05) is 85.8 Å². The first-order chi connectivity index (χ1) is 13.6. The molecule has 0 spiro atoms. The van der Waals surface area contributed by atoms with Crippen molar-refractivity contribution in [3.05, 3.63) is 60.7 Å². The summed E-state index contributed by atoms with van der Waals surface area (Å²) in [6.07, 6.45) is 3.41. The SMILES string of the molecule is CC(C)(C)[S+]([O-])/N=C\CCCO[Si](c1ccccc1)(c1ccccc1)C(C)(C)C. The van der Waals surface area contributed by atoms with Crippen LogP contribution in [0, 0.1) is 0 Å². The van der Waals surface area contributed by atoms with E-state index in [1.807, 2.05) is 20.8 Å². The van der Waals surface area contributed by atoms with Gasteiger partial charge in [0.25, 0.3) is 8.32 Å². The second-order valence-electron chi connectivity index (χ2n) is 9.30. The molecule has 0 N–H and O–H groups in total. The van der Waals surface area contributed by atoms with Gasteiger partial charge in [0.1, 0.15) is 16.1 Å². The van der Waals surface area contributed by atoms with Crippen LogP contribution in [-0.2, 0) is 15.8 Å². The van der Waals surface area contributed by atoms with Crippen LogP contribution in [0.5, 0.6) is 0 Å². The van der Waals surface area contributed by atoms with E-state index in [9.17, 15) is 4.55 Å². The van der Waals surface area contributed by atoms with Crippen molar-refractivity contribution in [2.45, 2.75) is 64.2 Å². The van der Waals surface area contributed by atoms with Crippen LogP contribution in [0.4, 0.5) is 0 Å².